The maximum absolute atomic E-state index is 2.31. The Labute approximate surface area is 115 Å². The van der Waals surface area contributed by atoms with E-state index in [2.05, 4.69) is 75.0 Å². The van der Waals surface area contributed by atoms with Crippen LogP contribution in [0.2, 0.25) is 0 Å². The average Bonchev–Trinajstić information content (AvgIpc) is 2.38. The molecule has 0 radical (unpaired) electrons. The molecular formula is C17H20N2. The van der Waals surface area contributed by atoms with Crippen molar-refractivity contribution in [2.75, 3.05) is 23.9 Å². The molecular weight excluding hydrogens is 232 g/mol. The average molecular weight is 252 g/mol. The van der Waals surface area contributed by atoms with Crippen molar-refractivity contribution in [2.45, 2.75) is 20.8 Å². The van der Waals surface area contributed by atoms with E-state index in [9.17, 15) is 0 Å². The molecule has 2 aromatic rings. The van der Waals surface area contributed by atoms with Crippen molar-refractivity contribution in [2.24, 2.45) is 0 Å². The second kappa shape index (κ2) is 4.02. The normalized spacial score (nSPS) is 13.3. The molecule has 0 atom stereocenters. The first-order chi connectivity index (χ1) is 9.00. The van der Waals surface area contributed by atoms with Gasteiger partial charge in [-0.2, -0.15) is 0 Å². The minimum atomic E-state index is 1.28. The van der Waals surface area contributed by atoms with Gasteiger partial charge in [-0.15, -0.1) is 0 Å². The lowest BCUT2D eigenvalue weighted by Gasteiger charge is -2.38. The molecule has 2 heteroatoms. The maximum atomic E-state index is 2.31. The molecule has 0 amide bonds. The molecule has 0 fully saturated rings. The Hall–Kier alpha value is -1.96. The fourth-order valence-electron chi connectivity index (χ4n) is 2.92. The monoisotopic (exact) mass is 252 g/mol. The third-order valence-corrected chi connectivity index (χ3v) is 4.23. The van der Waals surface area contributed by atoms with Crippen LogP contribution in [0.15, 0.2) is 30.3 Å². The SMILES string of the molecule is Cc1cc2c(cc1C)N(C)c1c(C)cccc1N2C. The van der Waals surface area contributed by atoms with Gasteiger partial charge in [-0.3, -0.25) is 0 Å². The number of nitrogens with zero attached hydrogens (tertiary/aromatic N) is 2. The van der Waals surface area contributed by atoms with Crippen LogP contribution in [0.5, 0.6) is 0 Å². The van der Waals surface area contributed by atoms with Gasteiger partial charge >= 0.3 is 0 Å². The number of benzene rings is 2. The summed E-state index contributed by atoms with van der Waals surface area (Å²) in [6.45, 7) is 6.53. The topological polar surface area (TPSA) is 6.48 Å². The van der Waals surface area contributed by atoms with Crippen molar-refractivity contribution in [3.05, 3.63) is 47.0 Å². The molecule has 0 unspecified atom stereocenters. The molecule has 0 bridgehead atoms. The van der Waals surface area contributed by atoms with E-state index in [0.29, 0.717) is 0 Å². The molecule has 0 spiro atoms. The molecule has 2 aromatic carbocycles. The van der Waals surface area contributed by atoms with E-state index < -0.39 is 0 Å². The van der Waals surface area contributed by atoms with Gasteiger partial charge in [0, 0.05) is 14.1 Å². The first-order valence-electron chi connectivity index (χ1n) is 6.69. The van der Waals surface area contributed by atoms with E-state index in [1.165, 1.54) is 39.4 Å². The molecule has 1 aliphatic rings. The van der Waals surface area contributed by atoms with Crippen LogP contribution in [-0.4, -0.2) is 14.1 Å². The van der Waals surface area contributed by atoms with Gasteiger partial charge in [0.2, 0.25) is 0 Å². The zero-order valence-electron chi connectivity index (χ0n) is 12.3. The molecule has 0 N–H and O–H groups in total. The van der Waals surface area contributed by atoms with Crippen LogP contribution in [0.25, 0.3) is 0 Å². The van der Waals surface area contributed by atoms with Gasteiger partial charge in [0.15, 0.2) is 0 Å². The number of fused-ring (bicyclic) bond motifs is 2. The van der Waals surface area contributed by atoms with Gasteiger partial charge in [0.1, 0.15) is 0 Å². The van der Waals surface area contributed by atoms with Crippen LogP contribution in [0, 0.1) is 20.8 Å². The van der Waals surface area contributed by atoms with Crippen molar-refractivity contribution >= 4 is 22.7 Å². The third kappa shape index (κ3) is 1.63. The Morgan fingerprint density at radius 3 is 1.89 bits per heavy atom. The highest BCUT2D eigenvalue weighted by atomic mass is 15.2. The van der Waals surface area contributed by atoms with Gasteiger partial charge in [0.25, 0.3) is 0 Å². The maximum Gasteiger partial charge on any atom is 0.0679 e. The fourth-order valence-corrected chi connectivity index (χ4v) is 2.92. The Bertz CT molecular complexity index is 659. The summed E-state index contributed by atoms with van der Waals surface area (Å²) in [5.74, 6) is 0. The number of hydrogen-bond donors (Lipinski definition) is 0. The summed E-state index contributed by atoms with van der Waals surface area (Å²) in [6, 6.07) is 11.1. The standard InChI is InChI=1S/C17H20N2/c1-11-7-6-8-14-17(11)19(5)16-10-13(3)12(2)9-15(16)18(14)4/h6-10H,1-5H3. The summed E-state index contributed by atoms with van der Waals surface area (Å²) in [5, 5.41) is 0. The lowest BCUT2D eigenvalue weighted by molar-refractivity contribution is 1.07. The molecule has 98 valence electrons. The largest absolute Gasteiger partial charge is 0.341 e. The number of para-hydroxylation sites is 1. The number of anilines is 4. The predicted molar refractivity (Wildman–Crippen MR) is 83.2 cm³/mol. The van der Waals surface area contributed by atoms with Crippen LogP contribution in [0.1, 0.15) is 16.7 Å². The van der Waals surface area contributed by atoms with E-state index in [-0.39, 0.29) is 0 Å². The highest BCUT2D eigenvalue weighted by molar-refractivity contribution is 5.94. The van der Waals surface area contributed by atoms with E-state index >= 15 is 0 Å². The Kier molecular flexibility index (Phi) is 2.56. The van der Waals surface area contributed by atoms with Crippen molar-refractivity contribution in [1.29, 1.82) is 0 Å². The van der Waals surface area contributed by atoms with E-state index in [4.69, 9.17) is 0 Å². The summed E-state index contributed by atoms with van der Waals surface area (Å²) in [4.78, 5) is 4.61. The van der Waals surface area contributed by atoms with Crippen molar-refractivity contribution in [1.82, 2.24) is 0 Å². The molecule has 1 aliphatic heterocycles. The predicted octanol–water partition coefficient (Wildman–Crippen LogP) is 4.46. The lowest BCUT2D eigenvalue weighted by atomic mass is 10.0. The zero-order chi connectivity index (χ0) is 13.7. The van der Waals surface area contributed by atoms with Crippen LogP contribution >= 0.6 is 0 Å². The molecule has 0 saturated carbocycles. The van der Waals surface area contributed by atoms with Gasteiger partial charge in [-0.25, -0.2) is 0 Å². The van der Waals surface area contributed by atoms with Crippen LogP contribution in [-0.2, 0) is 0 Å². The van der Waals surface area contributed by atoms with Crippen LogP contribution in [0.4, 0.5) is 22.7 Å². The summed E-state index contributed by atoms with van der Waals surface area (Å²) >= 11 is 0. The molecule has 0 aromatic heterocycles. The molecule has 1 heterocycles. The van der Waals surface area contributed by atoms with E-state index in [0.717, 1.165) is 0 Å². The van der Waals surface area contributed by atoms with Gasteiger partial charge in [-0.05, 0) is 55.7 Å². The lowest BCUT2D eigenvalue weighted by Crippen LogP contribution is -2.25. The second-order valence-electron chi connectivity index (χ2n) is 5.49. The van der Waals surface area contributed by atoms with E-state index in [1.54, 1.807) is 0 Å². The number of aryl methyl sites for hydroxylation is 3. The first-order valence-corrected chi connectivity index (χ1v) is 6.69. The minimum absolute atomic E-state index is 1.28. The summed E-state index contributed by atoms with van der Waals surface area (Å²) < 4.78 is 0. The molecule has 0 aliphatic carbocycles. The minimum Gasteiger partial charge on any atom is -0.341 e. The van der Waals surface area contributed by atoms with Crippen LogP contribution < -0.4 is 9.80 Å². The van der Waals surface area contributed by atoms with Gasteiger partial charge < -0.3 is 9.80 Å². The summed E-state index contributed by atoms with van der Waals surface area (Å²) in [6.07, 6.45) is 0. The highest BCUT2D eigenvalue weighted by Gasteiger charge is 2.25. The molecule has 2 nitrogen and oxygen atoms in total. The molecule has 0 saturated heterocycles. The fraction of sp³-hybridized carbons (Fsp3) is 0.294. The number of hydrogen-bond acceptors (Lipinski definition) is 2. The van der Waals surface area contributed by atoms with E-state index in [1.807, 2.05) is 0 Å². The molecule has 3 rings (SSSR count). The quantitative estimate of drug-likeness (QED) is 0.683. The Morgan fingerprint density at radius 2 is 1.26 bits per heavy atom. The van der Waals surface area contributed by atoms with Crippen LogP contribution in [0.3, 0.4) is 0 Å². The summed E-state index contributed by atoms with van der Waals surface area (Å²) in [5.41, 5.74) is 9.15. The van der Waals surface area contributed by atoms with Gasteiger partial charge in [-0.1, -0.05) is 12.1 Å². The van der Waals surface area contributed by atoms with Crippen molar-refractivity contribution in [3.8, 4) is 0 Å². The van der Waals surface area contributed by atoms with Crippen molar-refractivity contribution < 1.29 is 0 Å². The van der Waals surface area contributed by atoms with Crippen molar-refractivity contribution in [3.63, 3.8) is 0 Å². The molecule has 19 heavy (non-hydrogen) atoms. The summed E-state index contributed by atoms with van der Waals surface area (Å²) in [7, 11) is 4.31. The Morgan fingerprint density at radius 1 is 0.684 bits per heavy atom. The number of rotatable bonds is 0. The highest BCUT2D eigenvalue weighted by Crippen LogP contribution is 2.48. The zero-order valence-corrected chi connectivity index (χ0v) is 12.3. The third-order valence-electron chi connectivity index (χ3n) is 4.23. The second-order valence-corrected chi connectivity index (χ2v) is 5.49. The van der Waals surface area contributed by atoms with Gasteiger partial charge in [0.05, 0.1) is 22.7 Å². The first kappa shape index (κ1) is 12.1. The Balaban J connectivity index is 2.29. The smallest absolute Gasteiger partial charge is 0.0679 e.